The first-order chi connectivity index (χ1) is 28.8. The van der Waals surface area contributed by atoms with E-state index in [9.17, 15) is 0 Å². The molecule has 0 heteroatoms. The van der Waals surface area contributed by atoms with E-state index in [1.54, 1.807) is 0 Å². The monoisotopic (exact) mass is 736 g/mol. The molecular formula is C58H40. The van der Waals surface area contributed by atoms with Crippen LogP contribution in [0.1, 0.15) is 23.5 Å². The Morgan fingerprint density at radius 3 is 1.41 bits per heavy atom. The third-order valence-corrected chi connectivity index (χ3v) is 12.2. The Balaban J connectivity index is 1.18. The first-order valence-electron chi connectivity index (χ1n) is 20.4. The summed E-state index contributed by atoms with van der Waals surface area (Å²) in [6, 6.07) is 76.1. The first kappa shape index (κ1) is 34.0. The molecule has 0 nitrogen and oxygen atoms in total. The Kier molecular flexibility index (Phi) is 8.41. The van der Waals surface area contributed by atoms with Crippen molar-refractivity contribution in [2.45, 2.75) is 12.3 Å². The SMILES string of the molecule is C1=CC(c2ccc3c(-c4cccc5ccccc45)c4cc(-c5ccc(-c6ccccc6)cc5)ccc4c(-c4cccc5ccccc45)c3c2)CC=C1c1ccccc1. The zero-order valence-corrected chi connectivity index (χ0v) is 32.1. The van der Waals surface area contributed by atoms with Crippen LogP contribution in [0.3, 0.4) is 0 Å². The van der Waals surface area contributed by atoms with Crippen molar-refractivity contribution in [3.8, 4) is 44.5 Å². The van der Waals surface area contributed by atoms with Gasteiger partial charge in [-0.15, -0.1) is 0 Å². The minimum Gasteiger partial charge on any atom is -0.0761 e. The van der Waals surface area contributed by atoms with Gasteiger partial charge in [0.1, 0.15) is 0 Å². The standard InChI is InChI=1S/C58H40/c1-3-13-39(14-4-1)41-25-29-43(30-26-41)47-33-35-53-55(37-47)57(51-23-11-19-45-17-7-9-21-49(45)51)54-36-34-48(44-31-27-42(28-32-44)40-15-5-2-6-16-40)38-56(54)58(53)52-24-12-20-46-18-8-10-22-50(46)52/h1-31,33-38,44H,32H2. The van der Waals surface area contributed by atoms with E-state index in [-0.39, 0.29) is 5.92 Å². The van der Waals surface area contributed by atoms with Crippen molar-refractivity contribution in [1.29, 1.82) is 0 Å². The summed E-state index contributed by atoms with van der Waals surface area (Å²) in [5.41, 5.74) is 13.9. The van der Waals surface area contributed by atoms with Gasteiger partial charge in [-0.1, -0.05) is 212 Å². The highest BCUT2D eigenvalue weighted by Crippen LogP contribution is 2.48. The fraction of sp³-hybridized carbons (Fsp3) is 0.0345. The predicted molar refractivity (Wildman–Crippen MR) is 249 cm³/mol. The lowest BCUT2D eigenvalue weighted by molar-refractivity contribution is 0.858. The van der Waals surface area contributed by atoms with Crippen LogP contribution in [0.2, 0.25) is 0 Å². The van der Waals surface area contributed by atoms with E-state index in [1.807, 2.05) is 0 Å². The van der Waals surface area contributed by atoms with Gasteiger partial charge in [-0.2, -0.15) is 0 Å². The van der Waals surface area contributed by atoms with Crippen LogP contribution in [0, 0.1) is 0 Å². The number of fused-ring (bicyclic) bond motifs is 4. The average molecular weight is 737 g/mol. The zero-order chi connectivity index (χ0) is 38.4. The molecule has 0 saturated carbocycles. The van der Waals surface area contributed by atoms with Crippen LogP contribution >= 0.6 is 0 Å². The topological polar surface area (TPSA) is 0 Å². The number of benzene rings is 10. The van der Waals surface area contributed by atoms with Gasteiger partial charge in [0.2, 0.25) is 0 Å². The summed E-state index contributed by atoms with van der Waals surface area (Å²) >= 11 is 0. The molecule has 0 fully saturated rings. The molecule has 0 aliphatic heterocycles. The second-order valence-electron chi connectivity index (χ2n) is 15.5. The third kappa shape index (κ3) is 5.94. The maximum Gasteiger partial charge on any atom is 0.00563 e. The molecule has 0 N–H and O–H groups in total. The molecule has 1 atom stereocenters. The van der Waals surface area contributed by atoms with Crippen LogP contribution in [0.25, 0.3) is 93.2 Å². The third-order valence-electron chi connectivity index (χ3n) is 12.2. The largest absolute Gasteiger partial charge is 0.0761 e. The Hall–Kier alpha value is -7.28. The minimum atomic E-state index is 0.287. The van der Waals surface area contributed by atoms with Crippen LogP contribution in [-0.4, -0.2) is 0 Å². The van der Waals surface area contributed by atoms with Gasteiger partial charge in [0.05, 0.1) is 0 Å². The van der Waals surface area contributed by atoms with Gasteiger partial charge >= 0.3 is 0 Å². The minimum absolute atomic E-state index is 0.287. The molecule has 0 heterocycles. The normalized spacial score (nSPS) is 14.0. The predicted octanol–water partition coefficient (Wildman–Crippen LogP) is 16.1. The second kappa shape index (κ2) is 14.3. The fourth-order valence-corrected chi connectivity index (χ4v) is 9.32. The molecule has 1 aliphatic carbocycles. The van der Waals surface area contributed by atoms with Crippen molar-refractivity contribution in [3.05, 3.63) is 236 Å². The van der Waals surface area contributed by atoms with Crippen LogP contribution < -0.4 is 0 Å². The molecule has 0 bridgehead atoms. The molecule has 11 rings (SSSR count). The number of allylic oxidation sites excluding steroid dienone is 4. The van der Waals surface area contributed by atoms with E-state index >= 15 is 0 Å². The van der Waals surface area contributed by atoms with E-state index in [0.717, 1.165) is 6.42 Å². The van der Waals surface area contributed by atoms with E-state index in [0.29, 0.717) is 0 Å². The smallest absolute Gasteiger partial charge is 0.00563 e. The van der Waals surface area contributed by atoms with E-state index in [1.165, 1.54) is 104 Å². The quantitative estimate of drug-likeness (QED) is 0.149. The van der Waals surface area contributed by atoms with Gasteiger partial charge in [0.25, 0.3) is 0 Å². The highest BCUT2D eigenvalue weighted by atomic mass is 14.3. The van der Waals surface area contributed by atoms with Gasteiger partial charge in [-0.05, 0) is 123 Å². The lowest BCUT2D eigenvalue weighted by Gasteiger charge is -2.23. The molecular weight excluding hydrogens is 697 g/mol. The highest BCUT2D eigenvalue weighted by molar-refractivity contribution is 6.25. The maximum atomic E-state index is 2.51. The molecule has 1 unspecified atom stereocenters. The van der Waals surface area contributed by atoms with E-state index in [4.69, 9.17) is 0 Å². The fourth-order valence-electron chi connectivity index (χ4n) is 9.32. The Labute approximate surface area is 339 Å². The van der Waals surface area contributed by atoms with E-state index in [2.05, 4.69) is 224 Å². The molecule has 0 amide bonds. The summed E-state index contributed by atoms with van der Waals surface area (Å²) < 4.78 is 0. The molecule has 0 radical (unpaired) electrons. The Morgan fingerprint density at radius 1 is 0.328 bits per heavy atom. The summed E-state index contributed by atoms with van der Waals surface area (Å²) in [6.07, 6.45) is 8.09. The molecule has 272 valence electrons. The molecule has 0 saturated heterocycles. The van der Waals surface area contributed by atoms with Crippen molar-refractivity contribution in [2.24, 2.45) is 0 Å². The molecule has 0 aromatic heterocycles. The molecule has 58 heavy (non-hydrogen) atoms. The number of rotatable bonds is 6. The molecule has 1 aliphatic rings. The van der Waals surface area contributed by atoms with Crippen molar-refractivity contribution in [1.82, 2.24) is 0 Å². The van der Waals surface area contributed by atoms with Gasteiger partial charge < -0.3 is 0 Å². The van der Waals surface area contributed by atoms with Crippen LogP contribution in [-0.2, 0) is 0 Å². The summed E-state index contributed by atoms with van der Waals surface area (Å²) in [6.45, 7) is 0. The van der Waals surface area contributed by atoms with Crippen LogP contribution in [0.15, 0.2) is 224 Å². The summed E-state index contributed by atoms with van der Waals surface area (Å²) in [7, 11) is 0. The Morgan fingerprint density at radius 2 is 0.810 bits per heavy atom. The van der Waals surface area contributed by atoms with E-state index < -0.39 is 0 Å². The lowest BCUT2D eigenvalue weighted by atomic mass is 9.81. The van der Waals surface area contributed by atoms with Crippen molar-refractivity contribution < 1.29 is 0 Å². The summed E-state index contributed by atoms with van der Waals surface area (Å²) in [5.74, 6) is 0.287. The Bertz CT molecular complexity index is 3210. The molecule has 10 aromatic rings. The summed E-state index contributed by atoms with van der Waals surface area (Å²) in [5, 5.41) is 10.1. The van der Waals surface area contributed by atoms with Crippen molar-refractivity contribution >= 4 is 48.7 Å². The maximum absolute atomic E-state index is 2.51. The second-order valence-corrected chi connectivity index (χ2v) is 15.5. The first-order valence-corrected chi connectivity index (χ1v) is 20.4. The van der Waals surface area contributed by atoms with Gasteiger partial charge in [0.15, 0.2) is 0 Å². The highest BCUT2D eigenvalue weighted by Gasteiger charge is 2.22. The van der Waals surface area contributed by atoms with Gasteiger partial charge in [-0.25, -0.2) is 0 Å². The van der Waals surface area contributed by atoms with Crippen molar-refractivity contribution in [3.63, 3.8) is 0 Å². The molecule has 10 aromatic carbocycles. The lowest BCUT2D eigenvalue weighted by Crippen LogP contribution is -2.00. The van der Waals surface area contributed by atoms with Crippen LogP contribution in [0.5, 0.6) is 0 Å². The van der Waals surface area contributed by atoms with Gasteiger partial charge in [0, 0.05) is 5.92 Å². The summed E-state index contributed by atoms with van der Waals surface area (Å²) in [4.78, 5) is 0. The van der Waals surface area contributed by atoms with Gasteiger partial charge in [-0.3, -0.25) is 0 Å². The number of hydrogen-bond acceptors (Lipinski definition) is 0. The molecule has 0 spiro atoms. The average Bonchev–Trinajstić information content (AvgIpc) is 3.31. The van der Waals surface area contributed by atoms with Crippen molar-refractivity contribution in [2.75, 3.05) is 0 Å². The zero-order valence-electron chi connectivity index (χ0n) is 32.1. The van der Waals surface area contributed by atoms with Crippen LogP contribution in [0.4, 0.5) is 0 Å². The number of hydrogen-bond donors (Lipinski definition) is 0.